The number of aryl methyl sites for hydroxylation is 1. The van der Waals surface area contributed by atoms with Crippen LogP contribution in [0.1, 0.15) is 29.8 Å². The number of amides is 1. The number of benzene rings is 2. The van der Waals surface area contributed by atoms with E-state index in [1.807, 2.05) is 13.8 Å². The molecule has 7 nitrogen and oxygen atoms in total. The van der Waals surface area contributed by atoms with E-state index < -0.39 is 34.6 Å². The van der Waals surface area contributed by atoms with Crippen LogP contribution in [-0.4, -0.2) is 47.1 Å². The Labute approximate surface area is 178 Å². The van der Waals surface area contributed by atoms with Crippen LogP contribution in [-0.2, 0) is 0 Å². The average Bonchev–Trinajstić information content (AvgIpc) is 2.70. The highest BCUT2D eigenvalue weighted by Gasteiger charge is 2.44. The van der Waals surface area contributed by atoms with E-state index in [0.717, 1.165) is 12.1 Å². The van der Waals surface area contributed by atoms with Crippen molar-refractivity contribution in [3.05, 3.63) is 58.9 Å². The molecule has 2 aromatic carbocycles. The van der Waals surface area contributed by atoms with Crippen molar-refractivity contribution in [3.63, 3.8) is 0 Å². The molecule has 0 aliphatic carbocycles. The van der Waals surface area contributed by atoms with Crippen LogP contribution >= 0.6 is 0 Å². The van der Waals surface area contributed by atoms with Crippen LogP contribution in [0.3, 0.4) is 0 Å². The van der Waals surface area contributed by atoms with Crippen LogP contribution in [0.2, 0.25) is 0 Å². The minimum Gasteiger partial charge on any atom is -0.384 e. The Bertz CT molecular complexity index is 987. The molecule has 6 N–H and O–H groups in total. The lowest BCUT2D eigenvalue weighted by atomic mass is 9.93. The van der Waals surface area contributed by atoms with Crippen LogP contribution in [0.25, 0.3) is 0 Å². The number of nitrogens with one attached hydrogen (secondary N) is 1. The molecule has 0 aromatic heterocycles. The van der Waals surface area contributed by atoms with E-state index >= 15 is 0 Å². The molecule has 0 bridgehead atoms. The molecule has 1 aliphatic rings. The smallest absolute Gasteiger partial charge is 0.256 e. The van der Waals surface area contributed by atoms with Crippen LogP contribution < -0.4 is 16.8 Å². The fraction of sp³-hybridized carbons (Fsp3) is 0.333. The number of β-amino-alcohol motifs (C(OH)–C–C–N with tert-alkyl or cyclic N) is 1. The largest absolute Gasteiger partial charge is 0.384 e. The topological polar surface area (TPSA) is 117 Å². The van der Waals surface area contributed by atoms with Gasteiger partial charge in [-0.25, -0.2) is 13.2 Å². The number of aliphatic imine (C=N–C) groups is 1. The molecular weight excluding hydrogens is 411 g/mol. The fourth-order valence-electron chi connectivity index (χ4n) is 3.02. The number of aliphatic hydroxyl groups is 1. The molecule has 3 rings (SSSR count). The van der Waals surface area contributed by atoms with Gasteiger partial charge in [-0.15, -0.1) is 0 Å². The van der Waals surface area contributed by atoms with E-state index in [1.165, 1.54) is 17.0 Å². The molecule has 2 aromatic rings. The molecule has 0 saturated carbocycles. The lowest BCUT2D eigenvalue weighted by Crippen LogP contribution is -2.65. The second kappa shape index (κ2) is 9.69. The Morgan fingerprint density at radius 1 is 1.16 bits per heavy atom. The summed E-state index contributed by atoms with van der Waals surface area (Å²) in [6, 6.07) is 6.08. The number of hydrogen-bond acceptors (Lipinski definition) is 4. The zero-order valence-corrected chi connectivity index (χ0v) is 17.5. The van der Waals surface area contributed by atoms with Crippen LogP contribution in [0.5, 0.6) is 0 Å². The second-order valence-electron chi connectivity index (χ2n) is 7.02. The third kappa shape index (κ3) is 5.46. The van der Waals surface area contributed by atoms with E-state index in [4.69, 9.17) is 11.5 Å². The van der Waals surface area contributed by atoms with E-state index in [1.54, 1.807) is 13.0 Å². The van der Waals surface area contributed by atoms with E-state index in [2.05, 4.69) is 10.3 Å². The number of carbonyl (C=O) groups is 1. The Kier molecular flexibility index (Phi) is 7.50. The van der Waals surface area contributed by atoms with Gasteiger partial charge in [-0.3, -0.25) is 9.79 Å². The van der Waals surface area contributed by atoms with Gasteiger partial charge in [0.15, 0.2) is 17.6 Å². The molecule has 1 fully saturated rings. The Morgan fingerprint density at radius 2 is 1.81 bits per heavy atom. The lowest BCUT2D eigenvalue weighted by molar-refractivity contribution is -0.0730. The molecule has 1 aliphatic heterocycles. The summed E-state index contributed by atoms with van der Waals surface area (Å²) in [4.78, 5) is 17.7. The van der Waals surface area contributed by atoms with Crippen LogP contribution in [0.4, 0.5) is 24.5 Å². The quantitative estimate of drug-likeness (QED) is 0.424. The molecule has 1 saturated heterocycles. The van der Waals surface area contributed by atoms with Crippen LogP contribution in [0.15, 0.2) is 35.3 Å². The highest BCUT2D eigenvalue weighted by molar-refractivity contribution is 6.01. The van der Waals surface area contributed by atoms with Crippen molar-refractivity contribution >= 4 is 23.2 Å². The number of rotatable bonds is 5. The zero-order valence-electron chi connectivity index (χ0n) is 17.5. The van der Waals surface area contributed by atoms with Crippen molar-refractivity contribution in [2.45, 2.75) is 26.4 Å². The Morgan fingerprint density at radius 3 is 2.39 bits per heavy atom. The third-order valence-corrected chi connectivity index (χ3v) is 4.52. The minimum atomic E-state index is -1.31. The van der Waals surface area contributed by atoms with E-state index in [-0.39, 0.29) is 36.8 Å². The van der Waals surface area contributed by atoms with E-state index in [0.29, 0.717) is 5.56 Å². The second-order valence-corrected chi connectivity index (χ2v) is 7.02. The number of carbonyl (C=O) groups excluding carboxylic acids is 1. The number of guanidine groups is 1. The molecule has 1 heterocycles. The first-order chi connectivity index (χ1) is 14.6. The number of halogens is 3. The van der Waals surface area contributed by atoms with Crippen molar-refractivity contribution in [3.8, 4) is 0 Å². The van der Waals surface area contributed by atoms with Crippen molar-refractivity contribution < 1.29 is 23.1 Å². The normalized spacial score (nSPS) is 14.1. The third-order valence-electron chi connectivity index (χ3n) is 4.52. The predicted octanol–water partition coefficient (Wildman–Crippen LogP) is 2.64. The van der Waals surface area contributed by atoms with Gasteiger partial charge in [0, 0.05) is 0 Å². The monoisotopic (exact) mass is 437 g/mol. The Hall–Kier alpha value is -3.27. The summed E-state index contributed by atoms with van der Waals surface area (Å²) >= 11 is 0. The predicted molar refractivity (Wildman–Crippen MR) is 114 cm³/mol. The van der Waals surface area contributed by atoms with Crippen molar-refractivity contribution in [1.29, 1.82) is 0 Å². The molecule has 0 spiro atoms. The zero-order chi connectivity index (χ0) is 23.3. The maximum Gasteiger partial charge on any atom is 0.256 e. The molecule has 0 unspecified atom stereocenters. The number of anilines is 2. The van der Waals surface area contributed by atoms with Crippen molar-refractivity contribution in [2.24, 2.45) is 16.5 Å². The number of likely N-dealkylation sites (tertiary alicyclic amines) is 1. The molecule has 1 amide bonds. The first-order valence-electron chi connectivity index (χ1n) is 9.68. The fourth-order valence-corrected chi connectivity index (χ4v) is 3.02. The van der Waals surface area contributed by atoms with Crippen LogP contribution in [0, 0.1) is 24.4 Å². The maximum atomic E-state index is 14.4. The molecule has 10 heteroatoms. The highest BCUT2D eigenvalue weighted by Crippen LogP contribution is 2.31. The molecule has 0 atom stereocenters. The van der Waals surface area contributed by atoms with Gasteiger partial charge in [0.2, 0.25) is 0 Å². The van der Waals surface area contributed by atoms with Gasteiger partial charge in [0.25, 0.3) is 5.91 Å². The van der Waals surface area contributed by atoms with Crippen molar-refractivity contribution in [2.75, 3.05) is 25.0 Å². The summed E-state index contributed by atoms with van der Waals surface area (Å²) < 4.78 is 42.4. The SMILES string of the molecule is CC.Cc1ccc(Nc2c(C(=O)N3CC(O)(CN=C(N)N)C3)ccc(F)c2F)c(F)c1. The summed E-state index contributed by atoms with van der Waals surface area (Å²) in [5, 5.41) is 12.7. The number of nitrogens with two attached hydrogens (primary N) is 2. The first kappa shape index (κ1) is 24.0. The highest BCUT2D eigenvalue weighted by atomic mass is 19.2. The maximum absolute atomic E-state index is 14.4. The summed E-state index contributed by atoms with van der Waals surface area (Å²) in [6.07, 6.45) is 0. The van der Waals surface area contributed by atoms with Gasteiger partial charge in [-0.2, -0.15) is 0 Å². The molecule has 31 heavy (non-hydrogen) atoms. The standard InChI is InChI=1S/C19H20F3N5O2.C2H6/c1-10-2-5-14(13(21)6-10)26-16-11(3-4-12(20)15(16)22)17(28)27-8-19(29,9-27)7-25-18(23)24;1-2/h2-6,26,29H,7-9H2,1H3,(H4,23,24,25);1-2H3. The van der Waals surface area contributed by atoms with Gasteiger partial charge in [0.1, 0.15) is 11.4 Å². The summed E-state index contributed by atoms with van der Waals surface area (Å²) in [5.41, 5.74) is 8.99. The average molecular weight is 437 g/mol. The van der Waals surface area contributed by atoms with E-state index in [9.17, 15) is 23.1 Å². The molecular formula is C21H26F3N5O2. The molecule has 0 radical (unpaired) electrons. The van der Waals surface area contributed by atoms with Gasteiger partial charge in [-0.05, 0) is 36.8 Å². The summed E-state index contributed by atoms with van der Waals surface area (Å²) in [7, 11) is 0. The first-order valence-corrected chi connectivity index (χ1v) is 9.68. The Balaban J connectivity index is 0.00000166. The van der Waals surface area contributed by atoms with Gasteiger partial charge in [-0.1, -0.05) is 19.9 Å². The summed E-state index contributed by atoms with van der Waals surface area (Å²) in [6.45, 7) is 5.38. The van der Waals surface area contributed by atoms with Crippen molar-refractivity contribution in [1.82, 2.24) is 4.90 Å². The minimum absolute atomic E-state index is 0.0973. The lowest BCUT2D eigenvalue weighted by Gasteiger charge is -2.45. The number of hydrogen-bond donors (Lipinski definition) is 4. The van der Waals surface area contributed by atoms with Gasteiger partial charge >= 0.3 is 0 Å². The molecule has 168 valence electrons. The van der Waals surface area contributed by atoms with Gasteiger partial charge < -0.3 is 26.8 Å². The summed E-state index contributed by atoms with van der Waals surface area (Å²) in [5.74, 6) is -4.04. The number of nitrogens with zero attached hydrogens (tertiary/aromatic N) is 2. The van der Waals surface area contributed by atoms with Gasteiger partial charge in [0.05, 0.1) is 36.6 Å².